The molecule has 2 bridgehead atoms. The van der Waals surface area contributed by atoms with Crippen molar-refractivity contribution < 1.29 is 14.3 Å². The van der Waals surface area contributed by atoms with E-state index in [1.807, 2.05) is 6.08 Å². The monoisotopic (exact) mass is 264 g/mol. The van der Waals surface area contributed by atoms with Crippen LogP contribution in [-0.2, 0) is 14.3 Å². The lowest BCUT2D eigenvalue weighted by Gasteiger charge is -2.31. The van der Waals surface area contributed by atoms with Crippen molar-refractivity contribution in [2.75, 3.05) is 6.61 Å². The number of fused-ring (bicyclic) bond motifs is 2. The van der Waals surface area contributed by atoms with Crippen LogP contribution in [0.5, 0.6) is 0 Å². The Hall–Kier alpha value is -1.12. The molecule has 0 radical (unpaired) electrons. The zero-order valence-electron chi connectivity index (χ0n) is 12.6. The molecule has 0 aromatic carbocycles. The number of ether oxygens (including phenoxy) is 1. The van der Waals surface area contributed by atoms with Crippen LogP contribution in [0, 0.1) is 22.7 Å². The molecule has 3 nitrogen and oxygen atoms in total. The minimum Gasteiger partial charge on any atom is -0.466 e. The molecule has 2 saturated carbocycles. The second-order valence-electron chi connectivity index (χ2n) is 6.64. The normalized spacial score (nSPS) is 35.7. The number of carbonyl (C=O) groups is 2. The first kappa shape index (κ1) is 14.3. The Balaban J connectivity index is 2.28. The molecule has 2 aliphatic carbocycles. The molecule has 0 aromatic heterocycles. The van der Waals surface area contributed by atoms with E-state index >= 15 is 0 Å². The number of Topliss-reactive ketones (excluding diaryl/α,β-unsaturated/α-hetero) is 1. The van der Waals surface area contributed by atoms with Gasteiger partial charge in [0.15, 0.2) is 5.78 Å². The molecular formula is C16H24O3. The van der Waals surface area contributed by atoms with Gasteiger partial charge < -0.3 is 4.74 Å². The van der Waals surface area contributed by atoms with Gasteiger partial charge in [-0.15, -0.1) is 0 Å². The highest BCUT2D eigenvalue weighted by molar-refractivity contribution is 6.05. The number of esters is 1. The van der Waals surface area contributed by atoms with Crippen LogP contribution < -0.4 is 0 Å². The van der Waals surface area contributed by atoms with Crippen molar-refractivity contribution in [2.24, 2.45) is 22.7 Å². The van der Waals surface area contributed by atoms with Crippen LogP contribution in [0.25, 0.3) is 0 Å². The van der Waals surface area contributed by atoms with Gasteiger partial charge >= 0.3 is 5.97 Å². The smallest absolute Gasteiger partial charge is 0.312 e. The highest BCUT2D eigenvalue weighted by Crippen LogP contribution is 2.65. The van der Waals surface area contributed by atoms with Crippen LogP contribution in [0.2, 0.25) is 0 Å². The molecule has 2 rings (SSSR count). The van der Waals surface area contributed by atoms with E-state index in [0.29, 0.717) is 12.5 Å². The van der Waals surface area contributed by atoms with Gasteiger partial charge in [0.25, 0.3) is 0 Å². The average Bonchev–Trinajstić information content (AvgIpc) is 2.64. The van der Waals surface area contributed by atoms with Crippen LogP contribution in [0.3, 0.4) is 0 Å². The summed E-state index contributed by atoms with van der Waals surface area (Å²) in [4.78, 5) is 24.3. The maximum atomic E-state index is 12.6. The summed E-state index contributed by atoms with van der Waals surface area (Å²) in [5, 5.41) is 0. The number of rotatable bonds is 3. The van der Waals surface area contributed by atoms with E-state index in [4.69, 9.17) is 4.74 Å². The summed E-state index contributed by atoms with van der Waals surface area (Å²) in [5.41, 5.74) is 0.613. The van der Waals surface area contributed by atoms with Crippen molar-refractivity contribution in [1.29, 1.82) is 0 Å². The van der Waals surface area contributed by atoms with Crippen molar-refractivity contribution in [3.63, 3.8) is 0 Å². The SMILES string of the molecule is CCOC(=O)[C@H](C)/C=C1/C(=O)[C@]2(C)CC[C@@H]1C2(C)C. The Kier molecular flexibility index (Phi) is 3.36. The molecule has 0 heterocycles. The molecule has 0 unspecified atom stereocenters. The van der Waals surface area contributed by atoms with Crippen molar-refractivity contribution in [2.45, 2.75) is 47.5 Å². The highest BCUT2D eigenvalue weighted by atomic mass is 16.5. The van der Waals surface area contributed by atoms with E-state index in [0.717, 1.165) is 18.4 Å². The minimum atomic E-state index is -0.336. The van der Waals surface area contributed by atoms with Crippen LogP contribution in [-0.4, -0.2) is 18.4 Å². The first-order chi connectivity index (χ1) is 8.75. The summed E-state index contributed by atoms with van der Waals surface area (Å²) in [6.07, 6.45) is 3.86. The number of carbonyl (C=O) groups excluding carboxylic acids is 2. The molecule has 0 saturated heterocycles. The molecule has 0 aromatic rings. The molecule has 3 heteroatoms. The standard InChI is InChI=1S/C16H24O3/c1-6-19-14(18)10(2)9-11-12-7-8-16(5,13(11)17)15(12,3)4/h9-10,12H,6-8H2,1-5H3/b11-9+/t10-,12+,16+/m1/s1. The fraction of sp³-hybridized carbons (Fsp3) is 0.750. The van der Waals surface area contributed by atoms with Crippen LogP contribution in [0.15, 0.2) is 11.6 Å². The Bertz CT molecular complexity index is 447. The van der Waals surface area contributed by atoms with Gasteiger partial charge in [0.2, 0.25) is 0 Å². The lowest BCUT2D eigenvalue weighted by Crippen LogP contribution is -2.32. The number of allylic oxidation sites excluding steroid dienone is 1. The Labute approximate surface area is 115 Å². The molecule has 19 heavy (non-hydrogen) atoms. The number of ketones is 1. The fourth-order valence-corrected chi connectivity index (χ4v) is 3.73. The maximum Gasteiger partial charge on any atom is 0.312 e. The highest BCUT2D eigenvalue weighted by Gasteiger charge is 2.63. The second-order valence-corrected chi connectivity index (χ2v) is 6.64. The summed E-state index contributed by atoms with van der Waals surface area (Å²) in [5.74, 6) is -0.0436. The fourth-order valence-electron chi connectivity index (χ4n) is 3.73. The van der Waals surface area contributed by atoms with Gasteiger partial charge in [0.1, 0.15) is 0 Å². The zero-order chi connectivity index (χ0) is 14.4. The van der Waals surface area contributed by atoms with Crippen LogP contribution >= 0.6 is 0 Å². The maximum absolute atomic E-state index is 12.6. The Morgan fingerprint density at radius 1 is 1.47 bits per heavy atom. The van der Waals surface area contributed by atoms with E-state index in [2.05, 4.69) is 20.8 Å². The summed E-state index contributed by atoms with van der Waals surface area (Å²) >= 11 is 0. The summed E-state index contributed by atoms with van der Waals surface area (Å²) in [7, 11) is 0. The van der Waals surface area contributed by atoms with E-state index in [-0.39, 0.29) is 28.5 Å². The molecule has 3 atom stereocenters. The third-order valence-corrected chi connectivity index (χ3v) is 5.45. The summed E-state index contributed by atoms with van der Waals surface area (Å²) in [6.45, 7) is 10.4. The largest absolute Gasteiger partial charge is 0.466 e. The number of hydrogen-bond donors (Lipinski definition) is 0. The van der Waals surface area contributed by atoms with Crippen molar-refractivity contribution >= 4 is 11.8 Å². The molecule has 0 aliphatic heterocycles. The molecule has 0 N–H and O–H groups in total. The van der Waals surface area contributed by atoms with Gasteiger partial charge in [-0.05, 0) is 43.6 Å². The first-order valence-corrected chi connectivity index (χ1v) is 7.19. The molecule has 106 valence electrons. The van der Waals surface area contributed by atoms with Gasteiger partial charge in [-0.1, -0.05) is 26.8 Å². The van der Waals surface area contributed by atoms with E-state index in [9.17, 15) is 9.59 Å². The lowest BCUT2D eigenvalue weighted by atomic mass is 9.70. The third kappa shape index (κ3) is 1.86. The van der Waals surface area contributed by atoms with Gasteiger partial charge in [0.05, 0.1) is 12.5 Å². The third-order valence-electron chi connectivity index (χ3n) is 5.45. The van der Waals surface area contributed by atoms with E-state index < -0.39 is 0 Å². The Morgan fingerprint density at radius 2 is 2.11 bits per heavy atom. The molecule has 0 spiro atoms. The van der Waals surface area contributed by atoms with Crippen molar-refractivity contribution in [3.8, 4) is 0 Å². The van der Waals surface area contributed by atoms with E-state index in [1.54, 1.807) is 13.8 Å². The topological polar surface area (TPSA) is 43.4 Å². The van der Waals surface area contributed by atoms with Gasteiger partial charge in [-0.25, -0.2) is 0 Å². The van der Waals surface area contributed by atoms with Gasteiger partial charge in [-0.2, -0.15) is 0 Å². The molecular weight excluding hydrogens is 240 g/mol. The lowest BCUT2D eigenvalue weighted by molar-refractivity contribution is -0.145. The van der Waals surface area contributed by atoms with Crippen LogP contribution in [0.1, 0.15) is 47.5 Å². The predicted octanol–water partition coefficient (Wildman–Crippen LogP) is 3.14. The van der Waals surface area contributed by atoms with Crippen molar-refractivity contribution in [3.05, 3.63) is 11.6 Å². The summed E-state index contributed by atoms with van der Waals surface area (Å²) < 4.78 is 5.01. The number of hydrogen-bond acceptors (Lipinski definition) is 3. The molecule has 2 fully saturated rings. The molecule has 0 amide bonds. The van der Waals surface area contributed by atoms with Gasteiger partial charge in [-0.3, -0.25) is 9.59 Å². The second kappa shape index (κ2) is 4.46. The average molecular weight is 264 g/mol. The molecule has 2 aliphatic rings. The van der Waals surface area contributed by atoms with E-state index in [1.165, 1.54) is 0 Å². The Morgan fingerprint density at radius 3 is 2.58 bits per heavy atom. The predicted molar refractivity (Wildman–Crippen MR) is 73.5 cm³/mol. The van der Waals surface area contributed by atoms with Crippen molar-refractivity contribution in [1.82, 2.24) is 0 Å². The quantitative estimate of drug-likeness (QED) is 0.581. The minimum absolute atomic E-state index is 0.00426. The van der Waals surface area contributed by atoms with Crippen LogP contribution in [0.4, 0.5) is 0 Å². The first-order valence-electron chi connectivity index (χ1n) is 7.19. The van der Waals surface area contributed by atoms with Gasteiger partial charge in [0, 0.05) is 5.41 Å². The summed E-state index contributed by atoms with van der Waals surface area (Å²) in [6, 6.07) is 0. The zero-order valence-corrected chi connectivity index (χ0v) is 12.6.